The third-order valence-corrected chi connectivity index (χ3v) is 2.48. The van der Waals surface area contributed by atoms with Gasteiger partial charge in [-0.2, -0.15) is 0 Å². The van der Waals surface area contributed by atoms with E-state index in [2.05, 4.69) is 0 Å². The zero-order chi connectivity index (χ0) is 10.3. The molecule has 0 radical (unpaired) electrons. The van der Waals surface area contributed by atoms with Crippen LogP contribution in [-0.2, 0) is 5.67 Å². The second kappa shape index (κ2) is 2.75. The lowest BCUT2D eigenvalue weighted by Gasteiger charge is -2.05. The van der Waals surface area contributed by atoms with Gasteiger partial charge < -0.3 is 5.73 Å². The minimum Gasteiger partial charge on any atom is -0.325 e. The fraction of sp³-hybridized carbons (Fsp3) is 0.333. The Kier molecular flexibility index (Phi) is 1.78. The number of alkyl halides is 1. The van der Waals surface area contributed by atoms with Crippen LogP contribution in [0.25, 0.3) is 0 Å². The van der Waals surface area contributed by atoms with Gasteiger partial charge in [0.15, 0.2) is 5.67 Å². The molecule has 0 unspecified atom stereocenters. The van der Waals surface area contributed by atoms with Crippen LogP contribution >= 0.6 is 0 Å². The molecule has 0 heterocycles. The van der Waals surface area contributed by atoms with Gasteiger partial charge in [-0.15, -0.1) is 0 Å². The predicted molar refractivity (Wildman–Crippen MR) is 48.5 cm³/mol. The number of non-ortho nitro benzene ring substituents is 1. The molecular weight excluding hydrogens is 187 g/mol. The third-order valence-electron chi connectivity index (χ3n) is 2.48. The average Bonchev–Trinajstić information content (AvgIpc) is 2.76. The maximum atomic E-state index is 13.7. The minimum absolute atomic E-state index is 0.0985. The Morgan fingerprint density at radius 2 is 2.29 bits per heavy atom. The number of nitrogens with two attached hydrogens (primary N) is 1. The quantitative estimate of drug-likeness (QED) is 0.575. The van der Waals surface area contributed by atoms with Crippen molar-refractivity contribution in [2.45, 2.75) is 18.1 Å². The molecule has 0 spiro atoms. The Hall–Kier alpha value is -1.49. The van der Waals surface area contributed by atoms with Crippen LogP contribution in [0.2, 0.25) is 0 Å². The molecule has 1 fully saturated rings. The SMILES string of the molecule is N[C@H]1C[C@]1(F)c1cccc([N+](=O)[O-])c1. The fourth-order valence-corrected chi connectivity index (χ4v) is 1.47. The highest BCUT2D eigenvalue weighted by Gasteiger charge is 2.54. The topological polar surface area (TPSA) is 69.2 Å². The number of hydrogen-bond donors (Lipinski definition) is 1. The first kappa shape index (κ1) is 9.08. The molecule has 0 aromatic heterocycles. The summed E-state index contributed by atoms with van der Waals surface area (Å²) >= 11 is 0. The van der Waals surface area contributed by atoms with Gasteiger partial charge in [0.25, 0.3) is 5.69 Å². The average molecular weight is 196 g/mol. The summed E-state index contributed by atoms with van der Waals surface area (Å²) in [5, 5.41) is 10.4. The van der Waals surface area contributed by atoms with Gasteiger partial charge in [0.05, 0.1) is 4.92 Å². The van der Waals surface area contributed by atoms with Gasteiger partial charge in [0.2, 0.25) is 0 Å². The lowest BCUT2D eigenvalue weighted by atomic mass is 10.1. The van der Waals surface area contributed by atoms with E-state index in [0.29, 0.717) is 5.56 Å². The molecule has 14 heavy (non-hydrogen) atoms. The molecule has 1 saturated carbocycles. The van der Waals surface area contributed by atoms with Gasteiger partial charge in [-0.3, -0.25) is 10.1 Å². The number of rotatable bonds is 2. The highest BCUT2D eigenvalue weighted by Crippen LogP contribution is 2.48. The lowest BCUT2D eigenvalue weighted by molar-refractivity contribution is -0.385. The van der Waals surface area contributed by atoms with E-state index in [1.807, 2.05) is 0 Å². The Morgan fingerprint density at radius 3 is 2.79 bits per heavy atom. The highest BCUT2D eigenvalue weighted by atomic mass is 19.1. The molecule has 2 rings (SSSR count). The first-order valence-corrected chi connectivity index (χ1v) is 4.23. The van der Waals surface area contributed by atoms with Crippen molar-refractivity contribution in [3.05, 3.63) is 39.9 Å². The van der Waals surface area contributed by atoms with Gasteiger partial charge in [0.1, 0.15) is 0 Å². The van der Waals surface area contributed by atoms with Gasteiger partial charge in [0, 0.05) is 24.6 Å². The van der Waals surface area contributed by atoms with E-state index in [-0.39, 0.29) is 12.1 Å². The number of nitro groups is 1. The second-order valence-corrected chi connectivity index (χ2v) is 3.48. The van der Waals surface area contributed by atoms with Gasteiger partial charge in [-0.05, 0) is 5.56 Å². The molecule has 1 aromatic carbocycles. The van der Waals surface area contributed by atoms with Crippen LogP contribution in [-0.4, -0.2) is 11.0 Å². The molecule has 2 atom stereocenters. The summed E-state index contributed by atoms with van der Waals surface area (Å²) in [7, 11) is 0. The molecule has 5 heteroatoms. The van der Waals surface area contributed by atoms with Crippen LogP contribution in [0, 0.1) is 10.1 Å². The number of benzene rings is 1. The van der Waals surface area contributed by atoms with Crippen molar-refractivity contribution >= 4 is 5.69 Å². The summed E-state index contributed by atoms with van der Waals surface area (Å²) in [6, 6.07) is 5.05. The number of halogens is 1. The maximum absolute atomic E-state index is 13.7. The van der Waals surface area contributed by atoms with Crippen molar-refractivity contribution in [1.82, 2.24) is 0 Å². The number of nitro benzene ring substituents is 1. The van der Waals surface area contributed by atoms with Crippen molar-refractivity contribution < 1.29 is 9.31 Å². The van der Waals surface area contributed by atoms with Crippen molar-refractivity contribution in [2.24, 2.45) is 5.73 Å². The summed E-state index contributed by atoms with van der Waals surface area (Å²) in [6.07, 6.45) is 0.244. The van der Waals surface area contributed by atoms with E-state index < -0.39 is 16.6 Å². The van der Waals surface area contributed by atoms with E-state index in [4.69, 9.17) is 5.73 Å². The van der Waals surface area contributed by atoms with Gasteiger partial charge in [-0.25, -0.2) is 4.39 Å². The summed E-state index contributed by atoms with van der Waals surface area (Å²) in [6.45, 7) is 0. The molecule has 0 saturated heterocycles. The largest absolute Gasteiger partial charge is 0.325 e. The van der Waals surface area contributed by atoms with E-state index in [0.717, 1.165) is 0 Å². The van der Waals surface area contributed by atoms with Crippen molar-refractivity contribution in [2.75, 3.05) is 0 Å². The van der Waals surface area contributed by atoms with Crippen LogP contribution in [0.15, 0.2) is 24.3 Å². The molecule has 4 nitrogen and oxygen atoms in total. The predicted octanol–water partition coefficient (Wildman–Crippen LogP) is 1.49. The molecule has 0 amide bonds. The van der Waals surface area contributed by atoms with Crippen LogP contribution in [0.4, 0.5) is 10.1 Å². The van der Waals surface area contributed by atoms with E-state index in [9.17, 15) is 14.5 Å². The molecule has 2 N–H and O–H groups in total. The Balaban J connectivity index is 2.37. The first-order valence-electron chi connectivity index (χ1n) is 4.23. The molecule has 74 valence electrons. The summed E-state index contributed by atoms with van der Waals surface area (Å²) in [5.74, 6) is 0. The smallest absolute Gasteiger partial charge is 0.269 e. The molecular formula is C9H9FN2O2. The zero-order valence-electron chi connectivity index (χ0n) is 7.31. The Labute approximate surface area is 79.7 Å². The number of hydrogen-bond acceptors (Lipinski definition) is 3. The normalized spacial score (nSPS) is 30.0. The van der Waals surface area contributed by atoms with Crippen molar-refractivity contribution in [1.29, 1.82) is 0 Å². The van der Waals surface area contributed by atoms with Crippen LogP contribution in [0.1, 0.15) is 12.0 Å². The Bertz CT molecular complexity index is 396. The third kappa shape index (κ3) is 1.26. The van der Waals surface area contributed by atoms with Crippen LogP contribution in [0.3, 0.4) is 0 Å². The van der Waals surface area contributed by atoms with E-state index >= 15 is 0 Å². The Morgan fingerprint density at radius 1 is 1.64 bits per heavy atom. The monoisotopic (exact) mass is 196 g/mol. The summed E-state index contributed by atoms with van der Waals surface area (Å²) in [5.41, 5.74) is 4.07. The highest BCUT2D eigenvalue weighted by molar-refractivity contribution is 5.41. The van der Waals surface area contributed by atoms with Crippen molar-refractivity contribution in [3.63, 3.8) is 0 Å². The van der Waals surface area contributed by atoms with Gasteiger partial charge in [-0.1, -0.05) is 12.1 Å². The molecule has 0 aliphatic heterocycles. The van der Waals surface area contributed by atoms with E-state index in [1.165, 1.54) is 24.3 Å². The molecule has 1 aliphatic rings. The van der Waals surface area contributed by atoms with Crippen molar-refractivity contribution in [3.8, 4) is 0 Å². The summed E-state index contributed by atoms with van der Waals surface area (Å²) in [4.78, 5) is 9.89. The second-order valence-electron chi connectivity index (χ2n) is 3.48. The lowest BCUT2D eigenvalue weighted by Crippen LogP contribution is -2.13. The van der Waals surface area contributed by atoms with Crippen LogP contribution in [0.5, 0.6) is 0 Å². The van der Waals surface area contributed by atoms with E-state index in [1.54, 1.807) is 0 Å². The maximum Gasteiger partial charge on any atom is 0.269 e. The molecule has 1 aromatic rings. The standard InChI is InChI=1S/C9H9FN2O2/c10-9(5-8(9)11)6-2-1-3-7(4-6)12(13)14/h1-4,8H,5,11H2/t8-,9-/m0/s1. The van der Waals surface area contributed by atoms with Crippen LogP contribution < -0.4 is 5.73 Å². The summed E-state index contributed by atoms with van der Waals surface area (Å²) < 4.78 is 13.7. The zero-order valence-corrected chi connectivity index (χ0v) is 7.31. The molecule has 0 bridgehead atoms. The number of nitrogens with zero attached hydrogens (tertiary/aromatic N) is 1. The first-order chi connectivity index (χ1) is 6.54. The molecule has 1 aliphatic carbocycles. The van der Waals surface area contributed by atoms with Gasteiger partial charge >= 0.3 is 0 Å². The fourth-order valence-electron chi connectivity index (χ4n) is 1.47. The minimum atomic E-state index is -1.55.